The Kier molecular flexibility index (Phi) is 5.89. The largest absolute Gasteiger partial charge is 0.507 e. The minimum absolute atomic E-state index is 0.0755. The highest BCUT2D eigenvalue weighted by atomic mass is 16.7. The molecule has 0 spiro atoms. The smallest absolute Gasteiger partial charge is 0.238 e. The van der Waals surface area contributed by atoms with Crippen LogP contribution in [-0.4, -0.2) is 83.3 Å². The Morgan fingerprint density at radius 1 is 0.853 bits per heavy atom. The van der Waals surface area contributed by atoms with Gasteiger partial charge in [-0.1, -0.05) is 0 Å². The molecule has 1 aliphatic rings. The molecule has 3 aromatic rings. The van der Waals surface area contributed by atoms with E-state index in [4.69, 9.17) is 13.9 Å². The van der Waals surface area contributed by atoms with E-state index >= 15 is 0 Å². The van der Waals surface area contributed by atoms with Crippen LogP contribution in [0.15, 0.2) is 33.5 Å². The molecular formula is C21H20O13. The van der Waals surface area contributed by atoms with Gasteiger partial charge in [-0.05, 0) is 18.2 Å². The van der Waals surface area contributed by atoms with Gasteiger partial charge in [0.05, 0.1) is 6.61 Å². The van der Waals surface area contributed by atoms with Crippen molar-refractivity contribution in [3.05, 3.63) is 34.5 Å². The summed E-state index contributed by atoms with van der Waals surface area (Å²) in [6.07, 6.45) is -8.50. The van der Waals surface area contributed by atoms with Crippen LogP contribution in [0.1, 0.15) is 0 Å². The molecule has 2 heterocycles. The first-order valence-corrected chi connectivity index (χ1v) is 9.79. The van der Waals surface area contributed by atoms with Gasteiger partial charge in [-0.25, -0.2) is 0 Å². The second-order valence-corrected chi connectivity index (χ2v) is 7.58. The Hall–Kier alpha value is -3.75. The summed E-state index contributed by atoms with van der Waals surface area (Å²) in [6.45, 7) is -0.759. The highest BCUT2D eigenvalue weighted by Crippen LogP contribution is 2.44. The topological polar surface area (TPSA) is 231 Å². The molecule has 34 heavy (non-hydrogen) atoms. The third kappa shape index (κ3) is 3.70. The summed E-state index contributed by atoms with van der Waals surface area (Å²) >= 11 is 0. The van der Waals surface area contributed by atoms with E-state index in [1.54, 1.807) is 0 Å². The number of rotatable bonds is 4. The van der Waals surface area contributed by atoms with E-state index in [2.05, 4.69) is 0 Å². The van der Waals surface area contributed by atoms with E-state index in [0.717, 1.165) is 12.1 Å². The van der Waals surface area contributed by atoms with Gasteiger partial charge in [0.1, 0.15) is 35.6 Å². The van der Waals surface area contributed by atoms with Crippen molar-refractivity contribution in [2.24, 2.45) is 0 Å². The molecule has 0 aliphatic carbocycles. The Morgan fingerprint density at radius 2 is 1.56 bits per heavy atom. The SMILES string of the molecule is O=c1c(O)c(-c2ccc(O)c(O)c2)oc2c(O[C@H]3O[C@H](CO)[C@H](O)[C@@H](O)[C@H]3O)c(O)cc(O)c12. The average molecular weight is 480 g/mol. The standard InChI is InChI=1S/C21H20O13/c22-5-11-13(27)15(29)17(31)21(32-11)34-19-10(26)4-9(25)12-14(28)16(30)18(33-20(12)19)6-1-2-7(23)8(24)3-6/h1-4,11,13,15,17,21-27,29-31H,5H2/t11-,13+,15-,17-,21-/m1/s1. The summed E-state index contributed by atoms with van der Waals surface area (Å²) in [7, 11) is 0. The summed E-state index contributed by atoms with van der Waals surface area (Å²) < 4.78 is 16.2. The molecule has 5 atom stereocenters. The number of hydrogen-bond donors (Lipinski definition) is 9. The van der Waals surface area contributed by atoms with Crippen molar-refractivity contribution in [3.8, 4) is 45.8 Å². The molecule has 1 aromatic heterocycles. The maximum absolute atomic E-state index is 12.8. The normalized spacial score (nSPS) is 24.9. The monoisotopic (exact) mass is 480 g/mol. The van der Waals surface area contributed by atoms with E-state index in [1.807, 2.05) is 0 Å². The van der Waals surface area contributed by atoms with Gasteiger partial charge >= 0.3 is 0 Å². The number of ether oxygens (including phenoxy) is 2. The number of phenolic OH excluding ortho intramolecular Hbond substituents is 4. The highest BCUT2D eigenvalue weighted by molar-refractivity contribution is 5.93. The van der Waals surface area contributed by atoms with E-state index < -0.39 is 94.0 Å². The van der Waals surface area contributed by atoms with Gasteiger partial charge in [0.15, 0.2) is 28.6 Å². The fourth-order valence-electron chi connectivity index (χ4n) is 3.56. The molecule has 1 saturated heterocycles. The Bertz CT molecular complexity index is 1300. The Balaban J connectivity index is 1.89. The second kappa shape index (κ2) is 8.55. The van der Waals surface area contributed by atoms with Gasteiger partial charge in [-0.15, -0.1) is 0 Å². The number of phenols is 4. The number of aliphatic hydroxyl groups is 4. The van der Waals surface area contributed by atoms with E-state index in [0.29, 0.717) is 6.07 Å². The summed E-state index contributed by atoms with van der Waals surface area (Å²) in [5.41, 5.74) is -1.84. The Labute approximate surface area is 189 Å². The predicted molar refractivity (Wildman–Crippen MR) is 111 cm³/mol. The van der Waals surface area contributed by atoms with Crippen molar-refractivity contribution in [2.45, 2.75) is 30.7 Å². The van der Waals surface area contributed by atoms with Crippen molar-refractivity contribution in [1.82, 2.24) is 0 Å². The van der Waals surface area contributed by atoms with Gasteiger partial charge in [-0.3, -0.25) is 4.79 Å². The zero-order valence-electron chi connectivity index (χ0n) is 17.1. The zero-order chi connectivity index (χ0) is 24.9. The van der Waals surface area contributed by atoms with Crippen LogP contribution < -0.4 is 10.2 Å². The third-order valence-electron chi connectivity index (χ3n) is 5.38. The number of fused-ring (bicyclic) bond motifs is 1. The molecular weight excluding hydrogens is 460 g/mol. The van der Waals surface area contributed by atoms with E-state index in [1.165, 1.54) is 6.07 Å². The number of aromatic hydroxyl groups is 5. The van der Waals surface area contributed by atoms with Crippen LogP contribution in [0.25, 0.3) is 22.3 Å². The van der Waals surface area contributed by atoms with Crippen molar-refractivity contribution >= 4 is 11.0 Å². The lowest BCUT2D eigenvalue weighted by Crippen LogP contribution is -2.60. The van der Waals surface area contributed by atoms with Crippen molar-refractivity contribution in [1.29, 1.82) is 0 Å². The van der Waals surface area contributed by atoms with Gasteiger partial charge in [0.25, 0.3) is 0 Å². The predicted octanol–water partition coefficient (Wildman–Crippen LogP) is -0.833. The van der Waals surface area contributed by atoms with Crippen molar-refractivity contribution < 1.29 is 59.8 Å². The second-order valence-electron chi connectivity index (χ2n) is 7.58. The van der Waals surface area contributed by atoms with Gasteiger partial charge < -0.3 is 59.8 Å². The number of aliphatic hydroxyl groups excluding tert-OH is 4. The highest BCUT2D eigenvalue weighted by Gasteiger charge is 2.45. The fraction of sp³-hybridized carbons (Fsp3) is 0.286. The fourth-order valence-corrected chi connectivity index (χ4v) is 3.56. The van der Waals surface area contributed by atoms with Crippen LogP contribution in [0.5, 0.6) is 34.5 Å². The lowest BCUT2D eigenvalue weighted by Gasteiger charge is -2.39. The van der Waals surface area contributed by atoms with E-state index in [9.17, 15) is 50.8 Å². The summed E-state index contributed by atoms with van der Waals surface area (Å²) in [5, 5.41) is 89.0. The van der Waals surface area contributed by atoms with Gasteiger partial charge in [-0.2, -0.15) is 0 Å². The van der Waals surface area contributed by atoms with Crippen molar-refractivity contribution in [2.75, 3.05) is 6.61 Å². The summed E-state index contributed by atoms with van der Waals surface area (Å²) in [6, 6.07) is 3.92. The lowest BCUT2D eigenvalue weighted by atomic mass is 9.99. The molecule has 4 rings (SSSR count). The molecule has 2 aromatic carbocycles. The minimum atomic E-state index is -1.88. The number of hydrogen-bond acceptors (Lipinski definition) is 13. The van der Waals surface area contributed by atoms with Crippen LogP contribution in [0.3, 0.4) is 0 Å². The maximum atomic E-state index is 12.8. The first-order chi connectivity index (χ1) is 16.0. The first-order valence-electron chi connectivity index (χ1n) is 9.79. The molecule has 0 saturated carbocycles. The Morgan fingerprint density at radius 3 is 2.21 bits per heavy atom. The molecule has 1 aliphatic heterocycles. The van der Waals surface area contributed by atoms with Crippen LogP contribution in [0, 0.1) is 0 Å². The summed E-state index contributed by atoms with van der Waals surface area (Å²) in [4.78, 5) is 12.8. The van der Waals surface area contributed by atoms with Crippen molar-refractivity contribution in [3.63, 3.8) is 0 Å². The first kappa shape index (κ1) is 23.4. The molecule has 182 valence electrons. The zero-order valence-corrected chi connectivity index (χ0v) is 17.1. The quantitative estimate of drug-likeness (QED) is 0.208. The van der Waals surface area contributed by atoms with Crippen LogP contribution >= 0.6 is 0 Å². The maximum Gasteiger partial charge on any atom is 0.238 e. The molecule has 1 fully saturated rings. The minimum Gasteiger partial charge on any atom is -0.507 e. The van der Waals surface area contributed by atoms with E-state index in [-0.39, 0.29) is 5.56 Å². The van der Waals surface area contributed by atoms with Gasteiger partial charge in [0.2, 0.25) is 23.2 Å². The molecule has 13 nitrogen and oxygen atoms in total. The summed E-state index contributed by atoms with van der Waals surface area (Å²) in [5.74, 6) is -4.84. The third-order valence-corrected chi connectivity index (χ3v) is 5.38. The van der Waals surface area contributed by atoms with Gasteiger partial charge in [0, 0.05) is 11.6 Å². The lowest BCUT2D eigenvalue weighted by molar-refractivity contribution is -0.277. The van der Waals surface area contributed by atoms with Crippen LogP contribution in [0.2, 0.25) is 0 Å². The molecule has 9 N–H and O–H groups in total. The van der Waals surface area contributed by atoms with Crippen LogP contribution in [0.4, 0.5) is 0 Å². The molecule has 0 bridgehead atoms. The molecule has 0 amide bonds. The van der Waals surface area contributed by atoms with Crippen LogP contribution in [-0.2, 0) is 4.74 Å². The molecule has 0 unspecified atom stereocenters. The average Bonchev–Trinajstić information content (AvgIpc) is 2.80. The molecule has 13 heteroatoms. The number of benzene rings is 2. The molecule has 0 radical (unpaired) electrons.